The summed E-state index contributed by atoms with van der Waals surface area (Å²) in [4.78, 5) is 18.2. The standard InChI is InChI=1S/C25H25FN4O2/c1-32-23-6-3-2-5-21(23)28-16-18-13-22(29-12-4-11-25(18,29)24(28)31)17-14-27-30(15-17)20-9-7-19(26)8-10-20/h2-3,5-10,14-15,18,22H,4,11-13,16H2,1H3/t18-,22-,25-/m0/s1. The largest absolute Gasteiger partial charge is 0.495 e. The number of ether oxygens (including phenoxy) is 1. The van der Waals surface area contributed by atoms with E-state index in [1.807, 2.05) is 41.6 Å². The average Bonchev–Trinajstić information content (AvgIpc) is 3.57. The van der Waals surface area contributed by atoms with Crippen LogP contribution in [0.25, 0.3) is 5.69 Å². The molecule has 32 heavy (non-hydrogen) atoms. The highest BCUT2D eigenvalue weighted by Gasteiger charge is 2.65. The first-order chi connectivity index (χ1) is 15.6. The van der Waals surface area contributed by atoms with E-state index < -0.39 is 5.54 Å². The Morgan fingerprint density at radius 3 is 2.78 bits per heavy atom. The Labute approximate surface area is 186 Å². The summed E-state index contributed by atoms with van der Waals surface area (Å²) in [6.07, 6.45) is 6.75. The third kappa shape index (κ3) is 2.67. The molecule has 0 N–H and O–H groups in total. The summed E-state index contributed by atoms with van der Waals surface area (Å²) in [5.41, 5.74) is 2.35. The molecule has 0 unspecified atom stereocenters. The highest BCUT2D eigenvalue weighted by molar-refractivity contribution is 6.04. The number of carbonyl (C=O) groups excluding carboxylic acids is 1. The molecule has 164 valence electrons. The second-order valence-corrected chi connectivity index (χ2v) is 8.95. The van der Waals surface area contributed by atoms with Crippen molar-refractivity contribution in [1.82, 2.24) is 14.7 Å². The lowest BCUT2D eigenvalue weighted by molar-refractivity contribution is -0.126. The Morgan fingerprint density at radius 1 is 1.16 bits per heavy atom. The molecule has 3 atom stereocenters. The van der Waals surface area contributed by atoms with Crippen LogP contribution in [0.1, 0.15) is 30.9 Å². The fraction of sp³-hybridized carbons (Fsp3) is 0.360. The number of aromatic nitrogens is 2. The normalized spacial score (nSPS) is 27.1. The minimum Gasteiger partial charge on any atom is -0.495 e. The van der Waals surface area contributed by atoms with Gasteiger partial charge in [-0.2, -0.15) is 5.10 Å². The van der Waals surface area contributed by atoms with Gasteiger partial charge in [-0.25, -0.2) is 9.07 Å². The molecular formula is C25H25FN4O2. The zero-order chi connectivity index (χ0) is 21.9. The Morgan fingerprint density at radius 2 is 1.97 bits per heavy atom. The topological polar surface area (TPSA) is 50.6 Å². The van der Waals surface area contributed by atoms with Crippen molar-refractivity contribution in [2.45, 2.75) is 30.8 Å². The van der Waals surface area contributed by atoms with Gasteiger partial charge in [0, 0.05) is 30.3 Å². The van der Waals surface area contributed by atoms with Gasteiger partial charge in [0.2, 0.25) is 5.91 Å². The van der Waals surface area contributed by atoms with Crippen molar-refractivity contribution in [1.29, 1.82) is 0 Å². The van der Waals surface area contributed by atoms with Crippen LogP contribution in [0, 0.1) is 11.7 Å². The van der Waals surface area contributed by atoms with Gasteiger partial charge in [-0.15, -0.1) is 0 Å². The monoisotopic (exact) mass is 432 g/mol. The summed E-state index contributed by atoms with van der Waals surface area (Å²) in [7, 11) is 1.65. The fourth-order valence-electron chi connectivity index (χ4n) is 6.11. The van der Waals surface area contributed by atoms with Crippen molar-refractivity contribution >= 4 is 11.6 Å². The predicted octanol–water partition coefficient (Wildman–Crippen LogP) is 3.96. The number of para-hydroxylation sites is 2. The number of benzene rings is 2. The number of hydrogen-bond donors (Lipinski definition) is 0. The molecule has 0 radical (unpaired) electrons. The highest BCUT2D eigenvalue weighted by Crippen LogP contribution is 2.57. The molecule has 4 heterocycles. The average molecular weight is 432 g/mol. The molecule has 3 aliphatic heterocycles. The summed E-state index contributed by atoms with van der Waals surface area (Å²) in [6.45, 7) is 1.62. The lowest BCUT2D eigenvalue weighted by Gasteiger charge is -2.33. The van der Waals surface area contributed by atoms with Gasteiger partial charge in [-0.05, 0) is 62.2 Å². The molecule has 3 saturated heterocycles. The number of amides is 1. The first-order valence-electron chi connectivity index (χ1n) is 11.1. The van der Waals surface area contributed by atoms with Crippen LogP contribution in [0.4, 0.5) is 10.1 Å². The third-order valence-electron chi connectivity index (χ3n) is 7.50. The van der Waals surface area contributed by atoms with Crippen LogP contribution in [0.3, 0.4) is 0 Å². The summed E-state index contributed by atoms with van der Waals surface area (Å²) in [5, 5.41) is 4.53. The number of nitrogens with zero attached hydrogens (tertiary/aromatic N) is 4. The molecule has 7 heteroatoms. The van der Waals surface area contributed by atoms with E-state index in [-0.39, 0.29) is 23.7 Å². The number of anilines is 1. The number of hydrogen-bond acceptors (Lipinski definition) is 4. The maximum atomic E-state index is 13.9. The van der Waals surface area contributed by atoms with Gasteiger partial charge >= 0.3 is 0 Å². The van der Waals surface area contributed by atoms with Crippen molar-refractivity contribution < 1.29 is 13.9 Å². The number of halogens is 1. The van der Waals surface area contributed by atoms with E-state index in [1.165, 1.54) is 12.1 Å². The van der Waals surface area contributed by atoms with Gasteiger partial charge in [0.1, 0.15) is 17.1 Å². The van der Waals surface area contributed by atoms with E-state index in [2.05, 4.69) is 10.00 Å². The summed E-state index contributed by atoms with van der Waals surface area (Å²) < 4.78 is 20.6. The molecule has 6 nitrogen and oxygen atoms in total. The van der Waals surface area contributed by atoms with Gasteiger partial charge in [0.05, 0.1) is 24.7 Å². The Hall–Kier alpha value is -3.19. The quantitative estimate of drug-likeness (QED) is 0.626. The van der Waals surface area contributed by atoms with Crippen molar-refractivity contribution in [3.05, 3.63) is 72.3 Å². The summed E-state index contributed by atoms with van der Waals surface area (Å²) in [5.74, 6) is 0.931. The minimum atomic E-state index is -0.441. The van der Waals surface area contributed by atoms with Crippen LogP contribution >= 0.6 is 0 Å². The van der Waals surface area contributed by atoms with Gasteiger partial charge in [0.25, 0.3) is 0 Å². The van der Waals surface area contributed by atoms with E-state index in [4.69, 9.17) is 4.74 Å². The maximum absolute atomic E-state index is 13.9. The second kappa shape index (κ2) is 7.17. The molecule has 3 aromatic rings. The number of rotatable bonds is 4. The lowest BCUT2D eigenvalue weighted by atomic mass is 9.85. The van der Waals surface area contributed by atoms with E-state index in [0.717, 1.165) is 48.5 Å². The van der Waals surface area contributed by atoms with Crippen molar-refractivity contribution in [2.75, 3.05) is 25.1 Å². The van der Waals surface area contributed by atoms with Gasteiger partial charge in [-0.3, -0.25) is 9.69 Å². The zero-order valence-corrected chi connectivity index (χ0v) is 17.9. The van der Waals surface area contributed by atoms with Gasteiger partial charge in [-0.1, -0.05) is 12.1 Å². The van der Waals surface area contributed by atoms with Crippen molar-refractivity contribution in [3.63, 3.8) is 0 Å². The second-order valence-electron chi connectivity index (χ2n) is 8.95. The Kier molecular flexibility index (Phi) is 4.37. The summed E-state index contributed by atoms with van der Waals surface area (Å²) in [6, 6.07) is 14.3. The van der Waals surface area contributed by atoms with E-state index in [0.29, 0.717) is 6.54 Å². The fourth-order valence-corrected chi connectivity index (χ4v) is 6.11. The first-order valence-corrected chi connectivity index (χ1v) is 11.1. The van der Waals surface area contributed by atoms with Crippen molar-refractivity contribution in [3.8, 4) is 11.4 Å². The number of carbonyl (C=O) groups is 1. The smallest absolute Gasteiger partial charge is 0.248 e. The Balaban J connectivity index is 1.31. The SMILES string of the molecule is COc1ccccc1N1C[C@@H]2C[C@@H](c3cnn(-c4ccc(F)cc4)c3)N3CCC[C@@]23C1=O. The molecule has 1 spiro atoms. The first kappa shape index (κ1) is 19.5. The van der Waals surface area contributed by atoms with Gasteiger partial charge < -0.3 is 9.64 Å². The lowest BCUT2D eigenvalue weighted by Crippen LogP contribution is -2.49. The third-order valence-corrected chi connectivity index (χ3v) is 7.50. The van der Waals surface area contributed by atoms with Crippen LogP contribution in [0.5, 0.6) is 5.75 Å². The van der Waals surface area contributed by atoms with Crippen LogP contribution in [-0.2, 0) is 4.79 Å². The molecule has 0 saturated carbocycles. The van der Waals surface area contributed by atoms with E-state index >= 15 is 0 Å². The maximum Gasteiger partial charge on any atom is 0.248 e. The van der Waals surface area contributed by atoms with Crippen LogP contribution in [0.2, 0.25) is 0 Å². The molecule has 3 fully saturated rings. The van der Waals surface area contributed by atoms with Crippen LogP contribution < -0.4 is 9.64 Å². The molecule has 2 aromatic carbocycles. The van der Waals surface area contributed by atoms with Crippen molar-refractivity contribution in [2.24, 2.45) is 5.92 Å². The molecule has 3 aliphatic rings. The Bertz CT molecular complexity index is 1180. The molecule has 1 aromatic heterocycles. The highest BCUT2D eigenvalue weighted by atomic mass is 19.1. The van der Waals surface area contributed by atoms with Crippen LogP contribution in [-0.4, -0.2) is 46.3 Å². The minimum absolute atomic E-state index is 0.167. The zero-order valence-electron chi connectivity index (χ0n) is 17.9. The van der Waals surface area contributed by atoms with E-state index in [9.17, 15) is 9.18 Å². The number of methoxy groups -OCH3 is 1. The molecule has 1 amide bonds. The molecule has 0 aliphatic carbocycles. The predicted molar refractivity (Wildman–Crippen MR) is 118 cm³/mol. The van der Waals surface area contributed by atoms with Gasteiger partial charge in [0.15, 0.2) is 0 Å². The molecular weight excluding hydrogens is 407 g/mol. The van der Waals surface area contributed by atoms with Crippen LogP contribution in [0.15, 0.2) is 60.9 Å². The van der Waals surface area contributed by atoms with E-state index in [1.54, 1.807) is 23.9 Å². The molecule has 6 rings (SSSR count). The summed E-state index contributed by atoms with van der Waals surface area (Å²) >= 11 is 0. The molecule has 0 bridgehead atoms.